The Labute approximate surface area is 338 Å². The number of hydrazine groups is 1. The first-order chi connectivity index (χ1) is 28.2. The number of halogens is 1. The number of aromatic nitrogens is 3. The van der Waals surface area contributed by atoms with E-state index in [4.69, 9.17) is 26.6 Å². The predicted octanol–water partition coefficient (Wildman–Crippen LogP) is 10.00. The second-order valence-corrected chi connectivity index (χ2v) is 14.4. The van der Waals surface area contributed by atoms with Gasteiger partial charge in [-0.2, -0.15) is 0 Å². The van der Waals surface area contributed by atoms with E-state index in [1.165, 1.54) is 17.3 Å². The van der Waals surface area contributed by atoms with Crippen molar-refractivity contribution in [2.75, 3.05) is 5.32 Å². The van der Waals surface area contributed by atoms with Crippen LogP contribution in [0, 0.1) is 19.7 Å². The molecule has 0 saturated heterocycles. The van der Waals surface area contributed by atoms with Crippen LogP contribution in [0.25, 0.3) is 22.3 Å². The molecule has 288 valence electrons. The van der Waals surface area contributed by atoms with Gasteiger partial charge in [-0.1, -0.05) is 122 Å². The third-order valence-corrected chi connectivity index (χ3v) is 10.6. The number of fused-ring (bicyclic) bond motifs is 1. The Kier molecular flexibility index (Phi) is 10.5. The Morgan fingerprint density at radius 1 is 0.724 bits per heavy atom. The maximum atomic E-state index is 13.8. The highest BCUT2D eigenvalue weighted by Crippen LogP contribution is 2.41. The second kappa shape index (κ2) is 16.2. The Morgan fingerprint density at radius 2 is 1.29 bits per heavy atom. The molecule has 8 nitrogen and oxygen atoms in total. The first kappa shape index (κ1) is 37.8. The summed E-state index contributed by atoms with van der Waals surface area (Å²) >= 11 is 0. The molecule has 2 aromatic heterocycles. The number of hydrogen-bond donors (Lipinski definition) is 3. The Morgan fingerprint density at radius 3 is 1.86 bits per heavy atom. The molecule has 0 amide bonds. The topological polar surface area (TPSA) is 110 Å². The highest BCUT2D eigenvalue weighted by molar-refractivity contribution is 6.04. The van der Waals surface area contributed by atoms with E-state index in [0.717, 1.165) is 79.4 Å². The molecule has 8 aromatic rings. The number of benzene rings is 6. The van der Waals surface area contributed by atoms with Gasteiger partial charge in [0, 0.05) is 29.1 Å². The Balaban J connectivity index is 1.22. The quantitative estimate of drug-likeness (QED) is 0.0376. The first-order valence-corrected chi connectivity index (χ1v) is 19.4. The Bertz CT molecular complexity index is 2600. The van der Waals surface area contributed by atoms with Gasteiger partial charge in [0.2, 0.25) is 0 Å². The van der Waals surface area contributed by atoms with Crippen LogP contribution in [0.2, 0.25) is 0 Å². The summed E-state index contributed by atoms with van der Waals surface area (Å²) in [5.41, 5.74) is 17.9. The summed E-state index contributed by atoms with van der Waals surface area (Å²) in [5, 5.41) is 9.92. The van der Waals surface area contributed by atoms with Crippen LogP contribution >= 0.6 is 0 Å². The number of hydrazone groups is 1. The lowest BCUT2D eigenvalue weighted by Gasteiger charge is -2.41. The number of rotatable bonds is 12. The van der Waals surface area contributed by atoms with Crippen molar-refractivity contribution in [1.29, 1.82) is 0 Å². The molecule has 0 radical (unpaired) electrons. The molecule has 9 heteroatoms. The molecule has 0 saturated carbocycles. The zero-order valence-electron chi connectivity index (χ0n) is 32.8. The molecular formula is C49H45FN8. The van der Waals surface area contributed by atoms with Gasteiger partial charge in [-0.3, -0.25) is 0 Å². The fraction of sp³-hybridized carbons (Fsp3) is 0.122. The summed E-state index contributed by atoms with van der Waals surface area (Å²) in [6.45, 7) is 6.85. The van der Waals surface area contributed by atoms with E-state index in [9.17, 15) is 4.39 Å². The summed E-state index contributed by atoms with van der Waals surface area (Å²) in [5.74, 6) is 8.12. The number of imidazole rings is 1. The van der Waals surface area contributed by atoms with Crippen LogP contribution in [0.3, 0.4) is 0 Å². The van der Waals surface area contributed by atoms with Crippen LogP contribution in [0.1, 0.15) is 51.8 Å². The monoisotopic (exact) mass is 764 g/mol. The average molecular weight is 765 g/mol. The van der Waals surface area contributed by atoms with Crippen molar-refractivity contribution >= 4 is 28.4 Å². The SMILES string of the molecule is CCc1nc2c(C)cc(C)nc2n1Cc1ccc(-c2cc(Nc3ccc(F)cc3)ccc2/C(N)=N/N(N)C(c2ccccc2)(c2ccccc2)c2ccccc2)cc1. The van der Waals surface area contributed by atoms with Crippen molar-refractivity contribution in [1.82, 2.24) is 19.7 Å². The molecule has 2 heterocycles. The minimum Gasteiger partial charge on any atom is -0.382 e. The highest BCUT2D eigenvalue weighted by Gasteiger charge is 2.41. The van der Waals surface area contributed by atoms with Crippen LogP contribution in [0.15, 0.2) is 169 Å². The van der Waals surface area contributed by atoms with Gasteiger partial charge in [0.15, 0.2) is 11.5 Å². The third kappa shape index (κ3) is 7.31. The van der Waals surface area contributed by atoms with Crippen molar-refractivity contribution in [2.24, 2.45) is 16.7 Å². The summed E-state index contributed by atoms with van der Waals surface area (Å²) in [7, 11) is 0. The number of nitrogens with zero attached hydrogens (tertiary/aromatic N) is 5. The largest absolute Gasteiger partial charge is 0.382 e. The van der Waals surface area contributed by atoms with Gasteiger partial charge in [-0.15, -0.1) is 5.10 Å². The minimum absolute atomic E-state index is 0.233. The van der Waals surface area contributed by atoms with Crippen LogP contribution in [-0.2, 0) is 18.5 Å². The van der Waals surface area contributed by atoms with Crippen LogP contribution in [0.5, 0.6) is 0 Å². The smallest absolute Gasteiger partial charge is 0.160 e. The summed E-state index contributed by atoms with van der Waals surface area (Å²) in [6, 6.07) is 53.0. The van der Waals surface area contributed by atoms with E-state index in [1.54, 1.807) is 12.1 Å². The number of amidine groups is 1. The normalized spacial score (nSPS) is 11.8. The van der Waals surface area contributed by atoms with Crippen molar-refractivity contribution in [3.05, 3.63) is 215 Å². The fourth-order valence-corrected chi connectivity index (χ4v) is 7.82. The third-order valence-electron chi connectivity index (χ3n) is 10.6. The van der Waals surface area contributed by atoms with Crippen molar-refractivity contribution in [2.45, 2.75) is 39.3 Å². The van der Waals surface area contributed by atoms with Crippen LogP contribution in [0.4, 0.5) is 15.8 Å². The summed E-state index contributed by atoms with van der Waals surface area (Å²) < 4.78 is 16.0. The van der Waals surface area contributed by atoms with E-state index in [-0.39, 0.29) is 11.7 Å². The van der Waals surface area contributed by atoms with Gasteiger partial charge in [-0.25, -0.2) is 25.3 Å². The van der Waals surface area contributed by atoms with E-state index < -0.39 is 5.54 Å². The molecule has 6 aromatic carbocycles. The predicted molar refractivity (Wildman–Crippen MR) is 233 cm³/mol. The molecule has 5 N–H and O–H groups in total. The molecule has 0 bridgehead atoms. The van der Waals surface area contributed by atoms with Gasteiger partial charge >= 0.3 is 0 Å². The molecule has 8 rings (SSSR count). The number of hydrogen-bond acceptors (Lipinski definition) is 6. The van der Waals surface area contributed by atoms with E-state index in [0.29, 0.717) is 12.1 Å². The molecule has 0 spiro atoms. The van der Waals surface area contributed by atoms with E-state index >= 15 is 0 Å². The number of nitrogens with one attached hydrogen (secondary N) is 1. The van der Waals surface area contributed by atoms with Crippen LogP contribution in [-0.4, -0.2) is 25.5 Å². The number of anilines is 2. The molecule has 0 aliphatic rings. The van der Waals surface area contributed by atoms with E-state index in [2.05, 4.69) is 90.5 Å². The second-order valence-electron chi connectivity index (χ2n) is 14.4. The number of aryl methyl sites for hydroxylation is 3. The molecular weight excluding hydrogens is 720 g/mol. The zero-order chi connectivity index (χ0) is 40.2. The van der Waals surface area contributed by atoms with Crippen LogP contribution < -0.4 is 16.9 Å². The maximum absolute atomic E-state index is 13.8. The molecule has 0 atom stereocenters. The van der Waals surface area contributed by atoms with E-state index in [1.807, 2.05) is 79.7 Å². The first-order valence-electron chi connectivity index (χ1n) is 19.4. The highest BCUT2D eigenvalue weighted by atomic mass is 19.1. The fourth-order valence-electron chi connectivity index (χ4n) is 7.82. The lowest BCUT2D eigenvalue weighted by atomic mass is 9.77. The molecule has 0 unspecified atom stereocenters. The molecule has 58 heavy (non-hydrogen) atoms. The van der Waals surface area contributed by atoms with Crippen molar-refractivity contribution in [3.8, 4) is 11.1 Å². The molecule has 0 aliphatic carbocycles. The van der Waals surface area contributed by atoms with Gasteiger partial charge in [0.25, 0.3) is 0 Å². The average Bonchev–Trinajstić information content (AvgIpc) is 3.60. The standard InChI is InChI=1S/C49H45FN8/c1-4-45-55-46-33(2)30-34(3)53-48(46)57(45)32-35-20-22-36(23-21-35)44-31-42(54-41-26-24-40(50)25-27-41)28-29-43(44)47(51)56-58(52)49(37-14-8-5-9-15-37,38-16-10-6-11-17-38)39-18-12-7-13-19-39/h5-31,54H,4,32,52H2,1-3H3,(H2,51,56). The van der Waals surface area contributed by atoms with Gasteiger partial charge in [0.1, 0.15) is 22.7 Å². The zero-order valence-corrected chi connectivity index (χ0v) is 32.8. The lowest BCUT2D eigenvalue weighted by molar-refractivity contribution is 0.167. The van der Waals surface area contributed by atoms with Gasteiger partial charge < -0.3 is 15.6 Å². The number of pyridine rings is 1. The minimum atomic E-state index is -1.03. The van der Waals surface area contributed by atoms with Gasteiger partial charge in [0.05, 0.1) is 6.54 Å². The number of nitrogens with two attached hydrogens (primary N) is 2. The summed E-state index contributed by atoms with van der Waals surface area (Å²) in [6.07, 6.45) is 0.793. The van der Waals surface area contributed by atoms with Gasteiger partial charge in [-0.05, 0) is 101 Å². The summed E-state index contributed by atoms with van der Waals surface area (Å²) in [4.78, 5) is 9.82. The van der Waals surface area contributed by atoms with Crippen molar-refractivity contribution in [3.63, 3.8) is 0 Å². The molecule has 0 aliphatic heterocycles. The maximum Gasteiger partial charge on any atom is 0.160 e. The molecule has 0 fully saturated rings. The lowest BCUT2D eigenvalue weighted by Crippen LogP contribution is -2.50. The Hall–Kier alpha value is -7.10. The van der Waals surface area contributed by atoms with Crippen molar-refractivity contribution < 1.29 is 4.39 Å².